The molecule has 0 bridgehead atoms. The largest absolute Gasteiger partial charge is 0.342 e. The third-order valence-electron chi connectivity index (χ3n) is 4.72. The summed E-state index contributed by atoms with van der Waals surface area (Å²) in [5.74, 6) is -0.910. The summed E-state index contributed by atoms with van der Waals surface area (Å²) in [7, 11) is 1.54. The molecule has 1 saturated heterocycles. The van der Waals surface area contributed by atoms with Gasteiger partial charge in [0, 0.05) is 41.3 Å². The Labute approximate surface area is 172 Å². The zero-order valence-corrected chi connectivity index (χ0v) is 16.6. The van der Waals surface area contributed by atoms with Gasteiger partial charge in [-0.15, -0.1) is 0 Å². The van der Waals surface area contributed by atoms with Crippen LogP contribution >= 0.6 is 23.8 Å². The Morgan fingerprint density at radius 3 is 2.61 bits per heavy atom. The first kappa shape index (κ1) is 18.4. The summed E-state index contributed by atoms with van der Waals surface area (Å²) >= 11 is 11.3. The van der Waals surface area contributed by atoms with Gasteiger partial charge in [-0.3, -0.25) is 19.8 Å². The van der Waals surface area contributed by atoms with E-state index in [0.29, 0.717) is 11.6 Å². The summed E-state index contributed by atoms with van der Waals surface area (Å²) in [5, 5.41) is 4.28. The van der Waals surface area contributed by atoms with Crippen LogP contribution in [0.25, 0.3) is 17.0 Å². The van der Waals surface area contributed by atoms with E-state index in [2.05, 4.69) is 9.88 Å². The molecule has 2 heterocycles. The first-order valence-electron chi connectivity index (χ1n) is 8.62. The minimum absolute atomic E-state index is 0.0525. The Morgan fingerprint density at radius 1 is 1.11 bits per heavy atom. The molecule has 140 valence electrons. The number of rotatable bonds is 3. The van der Waals surface area contributed by atoms with Gasteiger partial charge in [0.25, 0.3) is 11.8 Å². The molecule has 1 fully saturated rings. The standard InChI is InChI=1S/C21H16ClN3O2S/c1-24-20(27)16(19(26)23-21(24)28)10-14-12-25(18-9-5-3-7-15(14)18)11-13-6-2-4-8-17(13)22/h2-10,12H,11H2,1H3,(H,23,26,28)/b16-10-. The summed E-state index contributed by atoms with van der Waals surface area (Å²) in [4.78, 5) is 26.1. The lowest BCUT2D eigenvalue weighted by atomic mass is 10.1. The lowest BCUT2D eigenvalue weighted by Gasteiger charge is -2.24. The van der Waals surface area contributed by atoms with Gasteiger partial charge >= 0.3 is 0 Å². The normalized spacial score (nSPS) is 16.1. The van der Waals surface area contributed by atoms with E-state index in [1.54, 1.807) is 13.1 Å². The van der Waals surface area contributed by atoms with Gasteiger partial charge in [0.2, 0.25) is 0 Å². The van der Waals surface area contributed by atoms with Gasteiger partial charge in [-0.1, -0.05) is 48.0 Å². The molecule has 2 amide bonds. The number of hydrogen-bond acceptors (Lipinski definition) is 3. The first-order chi connectivity index (χ1) is 13.5. The van der Waals surface area contributed by atoms with E-state index in [1.165, 1.54) is 4.90 Å². The lowest BCUT2D eigenvalue weighted by molar-refractivity contribution is -0.128. The maximum atomic E-state index is 12.5. The topological polar surface area (TPSA) is 54.3 Å². The molecule has 28 heavy (non-hydrogen) atoms. The van der Waals surface area contributed by atoms with E-state index < -0.39 is 11.8 Å². The average molecular weight is 410 g/mol. The molecule has 0 unspecified atom stereocenters. The van der Waals surface area contributed by atoms with E-state index >= 15 is 0 Å². The fraction of sp³-hybridized carbons (Fsp3) is 0.0952. The highest BCUT2D eigenvalue weighted by atomic mass is 35.5. The lowest BCUT2D eigenvalue weighted by Crippen LogP contribution is -2.52. The predicted octanol–water partition coefficient (Wildman–Crippen LogP) is 3.60. The number of nitrogens with zero attached hydrogens (tertiary/aromatic N) is 2. The number of carbonyl (C=O) groups excluding carboxylic acids is 2. The van der Waals surface area contributed by atoms with Crippen LogP contribution in [0, 0.1) is 0 Å². The first-order valence-corrected chi connectivity index (χ1v) is 9.40. The third kappa shape index (κ3) is 3.21. The number of benzene rings is 2. The molecule has 0 spiro atoms. The van der Waals surface area contributed by atoms with Crippen LogP contribution in [0.15, 0.2) is 60.3 Å². The van der Waals surface area contributed by atoms with Gasteiger partial charge in [0.1, 0.15) is 5.57 Å². The fourth-order valence-electron chi connectivity index (χ4n) is 3.23. The van der Waals surface area contributed by atoms with Crippen molar-refractivity contribution in [3.63, 3.8) is 0 Å². The summed E-state index contributed by atoms with van der Waals surface area (Å²) in [6, 6.07) is 15.5. The molecule has 5 nitrogen and oxygen atoms in total. The highest BCUT2D eigenvalue weighted by Gasteiger charge is 2.31. The number of halogens is 1. The van der Waals surface area contributed by atoms with Crippen LogP contribution in [-0.4, -0.2) is 33.4 Å². The van der Waals surface area contributed by atoms with Crippen molar-refractivity contribution in [2.75, 3.05) is 7.05 Å². The summed E-state index contributed by atoms with van der Waals surface area (Å²) in [6.45, 7) is 0.577. The number of fused-ring (bicyclic) bond motifs is 1. The number of para-hydroxylation sites is 1. The second-order valence-electron chi connectivity index (χ2n) is 6.50. The molecule has 1 N–H and O–H groups in total. The molecule has 2 aromatic carbocycles. The zero-order chi connectivity index (χ0) is 19.8. The maximum Gasteiger partial charge on any atom is 0.265 e. The Hall–Kier alpha value is -2.96. The van der Waals surface area contributed by atoms with Gasteiger partial charge in [-0.2, -0.15) is 0 Å². The average Bonchev–Trinajstić information content (AvgIpc) is 3.03. The Balaban J connectivity index is 1.81. The quantitative estimate of drug-likeness (QED) is 0.408. The number of carbonyl (C=O) groups is 2. The van der Waals surface area contributed by atoms with E-state index in [9.17, 15) is 9.59 Å². The second kappa shape index (κ2) is 7.22. The molecule has 1 aliphatic rings. The molecule has 0 saturated carbocycles. The molecule has 0 radical (unpaired) electrons. The van der Waals surface area contributed by atoms with Crippen LogP contribution in [0.1, 0.15) is 11.1 Å². The molecule has 0 atom stereocenters. The van der Waals surface area contributed by atoms with Crippen molar-refractivity contribution in [2.24, 2.45) is 0 Å². The minimum atomic E-state index is -0.490. The van der Waals surface area contributed by atoms with Gasteiger partial charge in [0.05, 0.1) is 0 Å². The van der Waals surface area contributed by atoms with Crippen molar-refractivity contribution in [3.05, 3.63) is 76.5 Å². The van der Waals surface area contributed by atoms with E-state index in [-0.39, 0.29) is 10.7 Å². The van der Waals surface area contributed by atoms with Crippen molar-refractivity contribution in [1.29, 1.82) is 0 Å². The number of thiocarbonyl (C=S) groups is 1. The number of likely N-dealkylation sites (N-methyl/N-ethyl adjacent to an activating group) is 1. The van der Waals surface area contributed by atoms with Crippen molar-refractivity contribution in [1.82, 2.24) is 14.8 Å². The van der Waals surface area contributed by atoms with Crippen molar-refractivity contribution in [3.8, 4) is 0 Å². The second-order valence-corrected chi connectivity index (χ2v) is 7.30. The number of amides is 2. The van der Waals surface area contributed by atoms with Gasteiger partial charge in [0.15, 0.2) is 5.11 Å². The van der Waals surface area contributed by atoms with E-state index in [0.717, 1.165) is 22.0 Å². The van der Waals surface area contributed by atoms with Crippen LogP contribution < -0.4 is 5.32 Å². The van der Waals surface area contributed by atoms with Crippen LogP contribution in [0.4, 0.5) is 0 Å². The molecule has 4 rings (SSSR count). The van der Waals surface area contributed by atoms with E-state index in [4.69, 9.17) is 23.8 Å². The minimum Gasteiger partial charge on any atom is -0.342 e. The van der Waals surface area contributed by atoms with Gasteiger partial charge in [-0.25, -0.2) is 0 Å². The summed E-state index contributed by atoms with van der Waals surface area (Å²) in [6.07, 6.45) is 3.54. The molecule has 0 aliphatic carbocycles. The number of hydrogen-bond donors (Lipinski definition) is 1. The van der Waals surface area contributed by atoms with Crippen molar-refractivity contribution < 1.29 is 9.59 Å². The smallest absolute Gasteiger partial charge is 0.265 e. The Kier molecular flexibility index (Phi) is 4.75. The Bertz CT molecular complexity index is 1170. The van der Waals surface area contributed by atoms with Crippen LogP contribution in [0.2, 0.25) is 5.02 Å². The summed E-state index contributed by atoms with van der Waals surface area (Å²) < 4.78 is 2.06. The maximum absolute atomic E-state index is 12.5. The van der Waals surface area contributed by atoms with Crippen LogP contribution in [0.5, 0.6) is 0 Å². The highest BCUT2D eigenvalue weighted by molar-refractivity contribution is 7.80. The SMILES string of the molecule is CN1C(=O)/C(=C\c2cn(Cc3ccccc3Cl)c3ccccc23)C(=O)NC1=S. The van der Waals surface area contributed by atoms with Gasteiger partial charge in [-0.05, 0) is 36.0 Å². The van der Waals surface area contributed by atoms with Crippen LogP contribution in [0.3, 0.4) is 0 Å². The summed E-state index contributed by atoms with van der Waals surface area (Å²) in [5.41, 5.74) is 2.81. The van der Waals surface area contributed by atoms with Gasteiger partial charge < -0.3 is 4.57 Å². The van der Waals surface area contributed by atoms with E-state index in [1.807, 2.05) is 54.7 Å². The zero-order valence-electron chi connectivity index (χ0n) is 15.0. The molecule has 1 aliphatic heterocycles. The molecular formula is C21H16ClN3O2S. The number of aromatic nitrogens is 1. The van der Waals surface area contributed by atoms with Crippen molar-refractivity contribution >= 4 is 57.7 Å². The van der Waals surface area contributed by atoms with Crippen LogP contribution in [-0.2, 0) is 16.1 Å². The van der Waals surface area contributed by atoms with Crippen molar-refractivity contribution in [2.45, 2.75) is 6.54 Å². The highest BCUT2D eigenvalue weighted by Crippen LogP contribution is 2.27. The number of nitrogens with one attached hydrogen (secondary N) is 1. The third-order valence-corrected chi connectivity index (χ3v) is 5.47. The monoisotopic (exact) mass is 409 g/mol. The fourth-order valence-corrected chi connectivity index (χ4v) is 3.60. The molecule has 7 heteroatoms. The molecular weight excluding hydrogens is 394 g/mol. The molecule has 1 aromatic heterocycles. The molecule has 3 aromatic rings. The predicted molar refractivity (Wildman–Crippen MR) is 114 cm³/mol. The Morgan fingerprint density at radius 2 is 1.82 bits per heavy atom.